The van der Waals surface area contributed by atoms with Gasteiger partial charge in [0.05, 0.1) is 6.20 Å². The zero-order valence-electron chi connectivity index (χ0n) is 10.3. The Hall–Kier alpha value is -0.920. The highest BCUT2D eigenvalue weighted by Crippen LogP contribution is 2.04. The first-order valence-corrected chi connectivity index (χ1v) is 7.26. The third-order valence-corrected chi connectivity index (χ3v) is 3.56. The van der Waals surface area contributed by atoms with Gasteiger partial charge in [0.1, 0.15) is 0 Å². The molecular formula is C10H20N4O2S. The predicted octanol–water partition coefficient (Wildman–Crippen LogP) is 0.485. The van der Waals surface area contributed by atoms with E-state index in [2.05, 4.69) is 19.6 Å². The molecular weight excluding hydrogens is 240 g/mol. The van der Waals surface area contributed by atoms with Crippen LogP contribution >= 0.6 is 0 Å². The molecule has 0 aromatic carbocycles. The van der Waals surface area contributed by atoms with Crippen LogP contribution in [0.4, 0.5) is 0 Å². The molecule has 0 saturated carbocycles. The molecule has 0 bridgehead atoms. The third kappa shape index (κ3) is 5.29. The maximum Gasteiger partial charge on any atom is 0.276 e. The molecule has 0 aliphatic carbocycles. The molecule has 3 N–H and O–H groups in total. The summed E-state index contributed by atoms with van der Waals surface area (Å²) in [7, 11) is -3.32. The normalized spacial score (nSPS) is 11.9. The predicted molar refractivity (Wildman–Crippen MR) is 66.9 cm³/mol. The van der Waals surface area contributed by atoms with E-state index < -0.39 is 10.2 Å². The second-order valence-electron chi connectivity index (χ2n) is 3.92. The van der Waals surface area contributed by atoms with Crippen LogP contribution in [0.15, 0.2) is 6.20 Å². The Morgan fingerprint density at radius 1 is 1.35 bits per heavy atom. The maximum absolute atomic E-state index is 11.4. The van der Waals surface area contributed by atoms with Crippen molar-refractivity contribution in [1.29, 1.82) is 0 Å². The van der Waals surface area contributed by atoms with Crippen LogP contribution in [-0.4, -0.2) is 31.7 Å². The van der Waals surface area contributed by atoms with Crippen molar-refractivity contribution in [3.63, 3.8) is 0 Å². The number of hydrogen-bond acceptors (Lipinski definition) is 3. The molecule has 0 fully saturated rings. The van der Waals surface area contributed by atoms with Crippen molar-refractivity contribution in [2.75, 3.05) is 13.1 Å². The van der Waals surface area contributed by atoms with Crippen LogP contribution in [0.25, 0.3) is 0 Å². The fraction of sp³-hybridized carbons (Fsp3) is 0.700. The van der Waals surface area contributed by atoms with Gasteiger partial charge >= 0.3 is 0 Å². The minimum absolute atomic E-state index is 0.434. The van der Waals surface area contributed by atoms with Gasteiger partial charge in [-0.2, -0.15) is 13.5 Å². The van der Waals surface area contributed by atoms with Gasteiger partial charge in [-0.05, 0) is 31.7 Å². The van der Waals surface area contributed by atoms with Gasteiger partial charge in [0.15, 0.2) is 0 Å². The Balaban J connectivity index is 2.22. The van der Waals surface area contributed by atoms with Gasteiger partial charge in [0.2, 0.25) is 0 Å². The van der Waals surface area contributed by atoms with Crippen LogP contribution in [0.1, 0.15) is 31.0 Å². The molecule has 0 unspecified atom stereocenters. The fourth-order valence-electron chi connectivity index (χ4n) is 1.40. The highest BCUT2D eigenvalue weighted by Gasteiger charge is 2.07. The molecule has 0 saturated heterocycles. The molecule has 1 aromatic rings. The monoisotopic (exact) mass is 260 g/mol. The molecule has 0 amide bonds. The Labute approximate surface area is 102 Å². The van der Waals surface area contributed by atoms with Gasteiger partial charge in [-0.3, -0.25) is 5.10 Å². The van der Waals surface area contributed by atoms with Gasteiger partial charge in [-0.25, -0.2) is 9.44 Å². The Morgan fingerprint density at radius 2 is 2.06 bits per heavy atom. The summed E-state index contributed by atoms with van der Waals surface area (Å²) in [4.78, 5) is 0. The van der Waals surface area contributed by atoms with E-state index >= 15 is 0 Å². The molecule has 1 aromatic heterocycles. The number of aromatic nitrogens is 2. The third-order valence-electron chi connectivity index (χ3n) is 2.39. The van der Waals surface area contributed by atoms with Gasteiger partial charge in [0, 0.05) is 18.8 Å². The van der Waals surface area contributed by atoms with Crippen LogP contribution in [0.2, 0.25) is 0 Å². The summed E-state index contributed by atoms with van der Waals surface area (Å²) in [6.07, 6.45) is 4.14. The fourth-order valence-corrected chi connectivity index (χ4v) is 2.39. The van der Waals surface area contributed by atoms with E-state index in [1.807, 2.05) is 13.8 Å². The molecule has 1 rings (SSSR count). The number of aryl methyl sites for hydroxylation is 2. The number of rotatable bonds is 8. The van der Waals surface area contributed by atoms with Crippen molar-refractivity contribution in [3.8, 4) is 0 Å². The van der Waals surface area contributed by atoms with E-state index in [0.29, 0.717) is 13.1 Å². The molecule has 17 heavy (non-hydrogen) atoms. The Kier molecular flexibility index (Phi) is 5.60. The second-order valence-corrected chi connectivity index (χ2v) is 5.50. The molecule has 6 nitrogen and oxygen atoms in total. The number of nitrogens with one attached hydrogen (secondary N) is 3. The number of nitrogens with zero attached hydrogens (tertiary/aromatic N) is 1. The zero-order chi connectivity index (χ0) is 12.7. The summed E-state index contributed by atoms with van der Waals surface area (Å²) < 4.78 is 27.7. The Bertz CT molecular complexity index is 427. The molecule has 0 atom stereocenters. The summed E-state index contributed by atoms with van der Waals surface area (Å²) in [5.74, 6) is 0. The van der Waals surface area contributed by atoms with Crippen molar-refractivity contribution >= 4 is 10.2 Å². The average molecular weight is 260 g/mol. The first-order valence-electron chi connectivity index (χ1n) is 5.78. The van der Waals surface area contributed by atoms with Crippen molar-refractivity contribution in [2.24, 2.45) is 0 Å². The van der Waals surface area contributed by atoms with Crippen LogP contribution in [0.3, 0.4) is 0 Å². The van der Waals surface area contributed by atoms with Crippen LogP contribution < -0.4 is 9.44 Å². The van der Waals surface area contributed by atoms with E-state index in [0.717, 1.165) is 30.5 Å². The van der Waals surface area contributed by atoms with Gasteiger partial charge in [-0.15, -0.1) is 0 Å². The topological polar surface area (TPSA) is 86.9 Å². The molecule has 98 valence electrons. The van der Waals surface area contributed by atoms with Crippen molar-refractivity contribution in [2.45, 2.75) is 33.1 Å². The lowest BCUT2D eigenvalue weighted by molar-refractivity contribution is 0.563. The second kappa shape index (κ2) is 6.73. The first-order chi connectivity index (χ1) is 8.05. The van der Waals surface area contributed by atoms with Crippen molar-refractivity contribution in [1.82, 2.24) is 19.6 Å². The van der Waals surface area contributed by atoms with E-state index in [-0.39, 0.29) is 0 Å². The summed E-state index contributed by atoms with van der Waals surface area (Å²) in [6, 6.07) is 0. The molecule has 1 heterocycles. The smallest absolute Gasteiger partial charge is 0.276 e. The van der Waals surface area contributed by atoms with Crippen molar-refractivity contribution in [3.05, 3.63) is 17.5 Å². The largest absolute Gasteiger partial charge is 0.283 e. The summed E-state index contributed by atoms with van der Waals surface area (Å²) in [5.41, 5.74) is 2.17. The molecule has 0 aliphatic heterocycles. The molecule has 0 radical (unpaired) electrons. The molecule has 0 spiro atoms. The quantitative estimate of drug-likeness (QED) is 0.594. The lowest BCUT2D eigenvalue weighted by Crippen LogP contribution is -2.37. The summed E-state index contributed by atoms with van der Waals surface area (Å²) >= 11 is 0. The average Bonchev–Trinajstić information content (AvgIpc) is 2.68. The molecule has 0 aliphatic rings. The van der Waals surface area contributed by atoms with E-state index in [9.17, 15) is 8.42 Å². The lowest BCUT2D eigenvalue weighted by Gasteiger charge is -2.06. The number of hydrogen-bond donors (Lipinski definition) is 3. The zero-order valence-corrected chi connectivity index (χ0v) is 11.1. The summed E-state index contributed by atoms with van der Waals surface area (Å²) in [6.45, 7) is 4.78. The van der Waals surface area contributed by atoms with Gasteiger partial charge in [-0.1, -0.05) is 6.92 Å². The van der Waals surface area contributed by atoms with Gasteiger partial charge in [0.25, 0.3) is 10.2 Å². The van der Waals surface area contributed by atoms with E-state index in [1.165, 1.54) is 0 Å². The summed E-state index contributed by atoms with van der Waals surface area (Å²) in [5, 5.41) is 6.77. The highest BCUT2D eigenvalue weighted by molar-refractivity contribution is 7.87. The SMILES string of the molecule is CCCNS(=O)(=O)NCCCc1cn[nH]c1C. The number of aromatic amines is 1. The Morgan fingerprint density at radius 3 is 2.65 bits per heavy atom. The van der Waals surface area contributed by atoms with E-state index in [4.69, 9.17) is 0 Å². The van der Waals surface area contributed by atoms with Crippen LogP contribution in [-0.2, 0) is 16.6 Å². The van der Waals surface area contributed by atoms with Crippen LogP contribution in [0.5, 0.6) is 0 Å². The van der Waals surface area contributed by atoms with Crippen molar-refractivity contribution < 1.29 is 8.42 Å². The standard InChI is InChI=1S/C10H20N4O2S/c1-3-6-12-17(15,16)13-7-4-5-10-8-11-14-9(10)2/h8,12-13H,3-7H2,1-2H3,(H,11,14). The highest BCUT2D eigenvalue weighted by atomic mass is 32.2. The van der Waals surface area contributed by atoms with Gasteiger partial charge < -0.3 is 0 Å². The minimum Gasteiger partial charge on any atom is -0.283 e. The maximum atomic E-state index is 11.4. The van der Waals surface area contributed by atoms with Crippen LogP contribution in [0, 0.1) is 6.92 Å². The number of H-pyrrole nitrogens is 1. The first kappa shape index (κ1) is 14.1. The lowest BCUT2D eigenvalue weighted by atomic mass is 10.1. The van der Waals surface area contributed by atoms with E-state index in [1.54, 1.807) is 6.20 Å². The molecule has 7 heteroatoms. The minimum atomic E-state index is -3.32.